The highest BCUT2D eigenvalue weighted by Gasteiger charge is 2.08. The number of aromatic nitrogens is 1. The first-order chi connectivity index (χ1) is 7.86. The maximum Gasteiger partial charge on any atom is 0.126 e. The molecule has 0 fully saturated rings. The molecule has 2 aromatic rings. The standard InChI is InChI=1S/C13H12ClNO/c1-16-13-5-3-2-4-12(13)11-6-7-15-9-10(11)8-14/h2-7,9H,8H2,1H3. The van der Waals surface area contributed by atoms with Gasteiger partial charge in [0.25, 0.3) is 0 Å². The molecule has 0 aliphatic heterocycles. The van der Waals surface area contributed by atoms with Crippen LogP contribution in [0.1, 0.15) is 5.56 Å². The first-order valence-corrected chi connectivity index (χ1v) is 5.52. The quantitative estimate of drug-likeness (QED) is 0.757. The zero-order valence-electron chi connectivity index (χ0n) is 8.98. The average molecular weight is 234 g/mol. The molecule has 0 atom stereocenters. The van der Waals surface area contributed by atoms with Crippen LogP contribution < -0.4 is 4.74 Å². The monoisotopic (exact) mass is 233 g/mol. The predicted octanol–water partition coefficient (Wildman–Crippen LogP) is 3.50. The van der Waals surface area contributed by atoms with Crippen molar-refractivity contribution in [1.82, 2.24) is 4.98 Å². The van der Waals surface area contributed by atoms with Crippen molar-refractivity contribution in [2.75, 3.05) is 7.11 Å². The highest BCUT2D eigenvalue weighted by atomic mass is 35.5. The molecule has 0 unspecified atom stereocenters. The van der Waals surface area contributed by atoms with Gasteiger partial charge in [0.2, 0.25) is 0 Å². The van der Waals surface area contributed by atoms with Crippen LogP contribution in [0.15, 0.2) is 42.7 Å². The van der Waals surface area contributed by atoms with Gasteiger partial charge < -0.3 is 4.74 Å². The first-order valence-electron chi connectivity index (χ1n) is 4.99. The number of methoxy groups -OCH3 is 1. The lowest BCUT2D eigenvalue weighted by Crippen LogP contribution is -1.91. The van der Waals surface area contributed by atoms with Crippen LogP contribution in [0.5, 0.6) is 5.75 Å². The van der Waals surface area contributed by atoms with E-state index in [-0.39, 0.29) is 0 Å². The zero-order chi connectivity index (χ0) is 11.4. The Bertz CT molecular complexity index is 439. The molecular formula is C13H12ClNO. The molecule has 2 nitrogen and oxygen atoms in total. The van der Waals surface area contributed by atoms with Crippen molar-refractivity contribution in [3.8, 4) is 16.9 Å². The molecule has 0 bridgehead atoms. The minimum Gasteiger partial charge on any atom is -0.496 e. The van der Waals surface area contributed by atoms with Gasteiger partial charge >= 0.3 is 0 Å². The summed E-state index contributed by atoms with van der Waals surface area (Å²) in [4.78, 5) is 4.07. The molecule has 2 rings (SSSR count). The summed E-state index contributed by atoms with van der Waals surface area (Å²) in [6.45, 7) is 0. The minimum atomic E-state index is 0.446. The van der Waals surface area contributed by atoms with E-state index in [1.165, 1.54) is 0 Å². The Kier molecular flexibility index (Phi) is 3.42. The van der Waals surface area contributed by atoms with Crippen molar-refractivity contribution in [1.29, 1.82) is 0 Å². The summed E-state index contributed by atoms with van der Waals surface area (Å²) < 4.78 is 5.34. The lowest BCUT2D eigenvalue weighted by Gasteiger charge is -2.10. The summed E-state index contributed by atoms with van der Waals surface area (Å²) in [6, 6.07) is 9.84. The highest BCUT2D eigenvalue weighted by Crippen LogP contribution is 2.32. The second kappa shape index (κ2) is 4.99. The summed E-state index contributed by atoms with van der Waals surface area (Å²) in [5.41, 5.74) is 3.12. The molecule has 0 amide bonds. The van der Waals surface area contributed by atoms with Gasteiger partial charge in [-0.15, -0.1) is 11.6 Å². The second-order valence-electron chi connectivity index (χ2n) is 3.37. The Morgan fingerprint density at radius 3 is 2.75 bits per heavy atom. The molecule has 0 radical (unpaired) electrons. The van der Waals surface area contributed by atoms with E-state index >= 15 is 0 Å². The minimum absolute atomic E-state index is 0.446. The number of rotatable bonds is 3. The number of hydrogen-bond donors (Lipinski definition) is 0. The highest BCUT2D eigenvalue weighted by molar-refractivity contribution is 6.17. The van der Waals surface area contributed by atoms with Gasteiger partial charge in [0.1, 0.15) is 5.75 Å². The topological polar surface area (TPSA) is 22.1 Å². The summed E-state index contributed by atoms with van der Waals surface area (Å²) >= 11 is 5.90. The largest absolute Gasteiger partial charge is 0.496 e. The van der Waals surface area contributed by atoms with Crippen LogP contribution in [-0.2, 0) is 5.88 Å². The van der Waals surface area contributed by atoms with Crippen LogP contribution in [0.25, 0.3) is 11.1 Å². The van der Waals surface area contributed by atoms with Crippen LogP contribution >= 0.6 is 11.6 Å². The molecule has 0 aliphatic rings. The number of ether oxygens (including phenoxy) is 1. The van der Waals surface area contributed by atoms with Crippen molar-refractivity contribution >= 4 is 11.6 Å². The number of pyridine rings is 1. The summed E-state index contributed by atoms with van der Waals surface area (Å²) in [6.07, 6.45) is 3.55. The molecule has 1 aromatic heterocycles. The molecule has 0 saturated heterocycles. The van der Waals surface area contributed by atoms with Crippen LogP contribution in [0.3, 0.4) is 0 Å². The summed E-state index contributed by atoms with van der Waals surface area (Å²) in [5, 5.41) is 0. The number of para-hydroxylation sites is 1. The van der Waals surface area contributed by atoms with Crippen LogP contribution in [0, 0.1) is 0 Å². The fourth-order valence-electron chi connectivity index (χ4n) is 1.66. The zero-order valence-corrected chi connectivity index (χ0v) is 9.74. The van der Waals surface area contributed by atoms with E-state index in [0.29, 0.717) is 5.88 Å². The van der Waals surface area contributed by atoms with Crippen LogP contribution in [0.4, 0.5) is 0 Å². The van der Waals surface area contributed by atoms with Crippen molar-refractivity contribution in [2.45, 2.75) is 5.88 Å². The van der Waals surface area contributed by atoms with Crippen molar-refractivity contribution in [3.05, 3.63) is 48.3 Å². The molecule has 1 aromatic carbocycles. The van der Waals surface area contributed by atoms with E-state index in [4.69, 9.17) is 16.3 Å². The molecule has 1 heterocycles. The third kappa shape index (κ3) is 2.02. The van der Waals surface area contributed by atoms with E-state index in [0.717, 1.165) is 22.4 Å². The van der Waals surface area contributed by atoms with E-state index in [1.807, 2.05) is 30.3 Å². The first kappa shape index (κ1) is 11.0. The van der Waals surface area contributed by atoms with Crippen LogP contribution in [0.2, 0.25) is 0 Å². The van der Waals surface area contributed by atoms with Gasteiger partial charge in [-0.3, -0.25) is 4.98 Å². The van der Waals surface area contributed by atoms with E-state index < -0.39 is 0 Å². The Balaban J connectivity index is 2.58. The maximum absolute atomic E-state index is 5.90. The van der Waals surface area contributed by atoms with Crippen molar-refractivity contribution in [3.63, 3.8) is 0 Å². The van der Waals surface area contributed by atoms with Gasteiger partial charge in [-0.2, -0.15) is 0 Å². The van der Waals surface area contributed by atoms with Gasteiger partial charge in [0.15, 0.2) is 0 Å². The fraction of sp³-hybridized carbons (Fsp3) is 0.154. The van der Waals surface area contributed by atoms with Gasteiger partial charge in [0.05, 0.1) is 7.11 Å². The molecule has 0 aliphatic carbocycles. The molecular weight excluding hydrogens is 222 g/mol. The summed E-state index contributed by atoms with van der Waals surface area (Å²) in [5.74, 6) is 1.29. The second-order valence-corrected chi connectivity index (χ2v) is 3.63. The molecule has 16 heavy (non-hydrogen) atoms. The lowest BCUT2D eigenvalue weighted by molar-refractivity contribution is 0.416. The molecule has 82 valence electrons. The van der Waals surface area contributed by atoms with Gasteiger partial charge in [-0.05, 0) is 23.3 Å². The summed E-state index contributed by atoms with van der Waals surface area (Å²) in [7, 11) is 1.67. The average Bonchev–Trinajstić information content (AvgIpc) is 2.38. The van der Waals surface area contributed by atoms with Crippen LogP contribution in [-0.4, -0.2) is 12.1 Å². The fourth-order valence-corrected chi connectivity index (χ4v) is 1.88. The number of nitrogens with zero attached hydrogens (tertiary/aromatic N) is 1. The van der Waals surface area contributed by atoms with Crippen molar-refractivity contribution < 1.29 is 4.74 Å². The maximum atomic E-state index is 5.90. The normalized spacial score (nSPS) is 10.1. The third-order valence-corrected chi connectivity index (χ3v) is 2.73. The van der Waals surface area contributed by atoms with E-state index in [1.54, 1.807) is 19.5 Å². The molecule has 0 saturated carbocycles. The Morgan fingerprint density at radius 1 is 1.19 bits per heavy atom. The Hall–Kier alpha value is -1.54. The van der Waals surface area contributed by atoms with Gasteiger partial charge in [-0.1, -0.05) is 18.2 Å². The molecule has 3 heteroatoms. The van der Waals surface area contributed by atoms with E-state index in [9.17, 15) is 0 Å². The van der Waals surface area contributed by atoms with Crippen molar-refractivity contribution in [2.24, 2.45) is 0 Å². The third-order valence-electron chi connectivity index (χ3n) is 2.44. The molecule has 0 spiro atoms. The number of halogens is 1. The van der Waals surface area contributed by atoms with E-state index in [2.05, 4.69) is 4.98 Å². The Labute approximate surface area is 99.9 Å². The predicted molar refractivity (Wildman–Crippen MR) is 65.8 cm³/mol. The Morgan fingerprint density at radius 2 is 2.00 bits per heavy atom. The van der Waals surface area contributed by atoms with Gasteiger partial charge in [0, 0.05) is 23.8 Å². The number of alkyl halides is 1. The lowest BCUT2D eigenvalue weighted by atomic mass is 10.0. The number of benzene rings is 1. The smallest absolute Gasteiger partial charge is 0.126 e. The number of hydrogen-bond acceptors (Lipinski definition) is 2. The van der Waals surface area contributed by atoms with Gasteiger partial charge in [-0.25, -0.2) is 0 Å². The SMILES string of the molecule is COc1ccccc1-c1ccncc1CCl. The molecule has 0 N–H and O–H groups in total.